The van der Waals surface area contributed by atoms with Crippen molar-refractivity contribution in [1.82, 2.24) is 0 Å². The number of carbonyl (C=O) groups excluding carboxylic acids is 2. The van der Waals surface area contributed by atoms with Gasteiger partial charge in [0, 0.05) is 19.8 Å². The van der Waals surface area contributed by atoms with Crippen molar-refractivity contribution < 1.29 is 24.2 Å². The van der Waals surface area contributed by atoms with Crippen molar-refractivity contribution in [1.29, 1.82) is 0 Å². The van der Waals surface area contributed by atoms with Crippen LogP contribution in [-0.2, 0) is 19.1 Å². The topological polar surface area (TPSA) is 72.8 Å². The van der Waals surface area contributed by atoms with Crippen molar-refractivity contribution in [2.75, 3.05) is 13.2 Å². The second kappa shape index (κ2) is 11.4. The lowest BCUT2D eigenvalue weighted by Crippen LogP contribution is -2.37. The quantitative estimate of drug-likeness (QED) is 0.481. The van der Waals surface area contributed by atoms with Crippen LogP contribution >= 0.6 is 0 Å². The Hall–Kier alpha value is -1.46. The van der Waals surface area contributed by atoms with E-state index >= 15 is 0 Å². The van der Waals surface area contributed by atoms with Gasteiger partial charge in [0.25, 0.3) is 0 Å². The molecule has 0 saturated carbocycles. The van der Waals surface area contributed by atoms with E-state index in [1.165, 1.54) is 12.5 Å². The lowest BCUT2D eigenvalue weighted by Gasteiger charge is -2.28. The van der Waals surface area contributed by atoms with Crippen LogP contribution in [0.5, 0.6) is 0 Å². The molecule has 1 aliphatic heterocycles. The standard InChI is InChI=1S/C22H36O5/c1-16(2)8-10-20(27-18(4)24)17(3)7-6-13-22(5)21(25)11-9-19(12-14-23)15-26-22/h8,12,17,20,23H,6-7,9-11,13-15H2,1-5H3/b19-12+/t17?,20?,22-/m0/s1. The van der Waals surface area contributed by atoms with Crippen LogP contribution in [0.4, 0.5) is 0 Å². The predicted octanol–water partition coefficient (Wildman–Crippen LogP) is 4.14. The first-order valence-corrected chi connectivity index (χ1v) is 9.94. The predicted molar refractivity (Wildman–Crippen MR) is 106 cm³/mol. The smallest absolute Gasteiger partial charge is 0.302 e. The molecule has 0 aromatic carbocycles. The maximum atomic E-state index is 12.5. The highest BCUT2D eigenvalue weighted by Gasteiger charge is 2.35. The molecule has 1 rings (SSSR count). The summed E-state index contributed by atoms with van der Waals surface area (Å²) < 4.78 is 11.4. The van der Waals surface area contributed by atoms with Crippen LogP contribution < -0.4 is 0 Å². The summed E-state index contributed by atoms with van der Waals surface area (Å²) in [7, 11) is 0. The van der Waals surface area contributed by atoms with E-state index in [4.69, 9.17) is 14.6 Å². The van der Waals surface area contributed by atoms with Gasteiger partial charge in [-0.2, -0.15) is 0 Å². The molecule has 27 heavy (non-hydrogen) atoms. The highest BCUT2D eigenvalue weighted by Crippen LogP contribution is 2.29. The van der Waals surface area contributed by atoms with E-state index in [-0.39, 0.29) is 30.4 Å². The van der Waals surface area contributed by atoms with E-state index < -0.39 is 5.60 Å². The Morgan fingerprint density at radius 3 is 2.63 bits per heavy atom. The van der Waals surface area contributed by atoms with E-state index in [1.807, 2.05) is 20.8 Å². The van der Waals surface area contributed by atoms with Gasteiger partial charge in [-0.15, -0.1) is 0 Å². The minimum Gasteiger partial charge on any atom is -0.462 e. The fraction of sp³-hybridized carbons (Fsp3) is 0.727. The third-order valence-corrected chi connectivity index (χ3v) is 5.24. The highest BCUT2D eigenvalue weighted by molar-refractivity contribution is 5.87. The number of Topliss-reactive ketones (excluding diaryl/α,β-unsaturated/α-hetero) is 1. The van der Waals surface area contributed by atoms with E-state index in [0.29, 0.717) is 32.3 Å². The van der Waals surface area contributed by atoms with Crippen LogP contribution in [0.2, 0.25) is 0 Å². The SMILES string of the molecule is CC(=O)OC(CC=C(C)C)C(C)CCC[C@]1(C)OC/C(=C/CO)CCC1=O. The molecule has 0 spiro atoms. The van der Waals surface area contributed by atoms with Crippen LogP contribution in [0.3, 0.4) is 0 Å². The molecule has 5 nitrogen and oxygen atoms in total. The van der Waals surface area contributed by atoms with Gasteiger partial charge < -0.3 is 14.6 Å². The molecule has 5 heteroatoms. The van der Waals surface area contributed by atoms with Gasteiger partial charge in [0.1, 0.15) is 11.7 Å². The third kappa shape index (κ3) is 8.39. The number of ether oxygens (including phenoxy) is 2. The number of aliphatic hydroxyl groups is 1. The van der Waals surface area contributed by atoms with Gasteiger partial charge >= 0.3 is 5.97 Å². The molecule has 0 amide bonds. The molecule has 3 atom stereocenters. The van der Waals surface area contributed by atoms with Crippen LogP contribution in [0.25, 0.3) is 0 Å². The number of rotatable bonds is 9. The number of ketones is 1. The molecule has 1 fully saturated rings. The number of allylic oxidation sites excluding steroid dienone is 1. The Morgan fingerprint density at radius 2 is 2.04 bits per heavy atom. The van der Waals surface area contributed by atoms with Crippen LogP contribution in [0, 0.1) is 5.92 Å². The van der Waals surface area contributed by atoms with E-state index in [9.17, 15) is 9.59 Å². The highest BCUT2D eigenvalue weighted by atomic mass is 16.5. The van der Waals surface area contributed by atoms with Crippen LogP contribution in [0.1, 0.15) is 73.1 Å². The van der Waals surface area contributed by atoms with Gasteiger partial charge in [-0.05, 0) is 57.9 Å². The zero-order valence-corrected chi connectivity index (χ0v) is 17.5. The first-order chi connectivity index (χ1) is 12.7. The maximum Gasteiger partial charge on any atom is 0.302 e. The first-order valence-electron chi connectivity index (χ1n) is 9.94. The maximum absolute atomic E-state index is 12.5. The monoisotopic (exact) mass is 380 g/mol. The van der Waals surface area contributed by atoms with Crippen molar-refractivity contribution in [3.05, 3.63) is 23.3 Å². The first kappa shape index (κ1) is 23.6. The molecule has 0 aliphatic carbocycles. The normalized spacial score (nSPS) is 24.2. The average Bonchev–Trinajstić information content (AvgIpc) is 2.72. The van der Waals surface area contributed by atoms with Gasteiger partial charge in [-0.25, -0.2) is 0 Å². The Balaban J connectivity index is 2.61. The molecule has 0 aromatic heterocycles. The Bertz CT molecular complexity index is 559. The summed E-state index contributed by atoms with van der Waals surface area (Å²) in [6.45, 7) is 9.84. The van der Waals surface area contributed by atoms with E-state index in [1.54, 1.807) is 6.08 Å². The number of carbonyl (C=O) groups is 2. The van der Waals surface area contributed by atoms with Crippen molar-refractivity contribution in [2.24, 2.45) is 5.92 Å². The molecule has 0 aromatic rings. The Morgan fingerprint density at radius 1 is 1.33 bits per heavy atom. The van der Waals surface area contributed by atoms with Crippen molar-refractivity contribution in [3.8, 4) is 0 Å². The van der Waals surface area contributed by atoms with Crippen molar-refractivity contribution in [2.45, 2.75) is 84.8 Å². The molecule has 2 unspecified atom stereocenters. The number of aliphatic hydroxyl groups excluding tert-OH is 1. The second-order valence-electron chi connectivity index (χ2n) is 8.02. The summed E-state index contributed by atoms with van der Waals surface area (Å²) in [6, 6.07) is 0. The molecular formula is C22H36O5. The number of esters is 1. The van der Waals surface area contributed by atoms with Crippen LogP contribution in [0.15, 0.2) is 23.3 Å². The van der Waals surface area contributed by atoms with E-state index in [0.717, 1.165) is 18.4 Å². The molecule has 154 valence electrons. The van der Waals surface area contributed by atoms with Gasteiger partial charge in [0.05, 0.1) is 13.2 Å². The largest absolute Gasteiger partial charge is 0.462 e. The molecule has 0 bridgehead atoms. The van der Waals surface area contributed by atoms with Crippen molar-refractivity contribution in [3.63, 3.8) is 0 Å². The van der Waals surface area contributed by atoms with Gasteiger partial charge in [-0.1, -0.05) is 24.6 Å². The fourth-order valence-corrected chi connectivity index (χ4v) is 3.35. The second-order valence-corrected chi connectivity index (χ2v) is 8.02. The zero-order valence-electron chi connectivity index (χ0n) is 17.5. The molecule has 1 saturated heterocycles. The zero-order chi connectivity index (χ0) is 20.4. The average molecular weight is 381 g/mol. The van der Waals surface area contributed by atoms with Crippen LogP contribution in [-0.4, -0.2) is 41.8 Å². The lowest BCUT2D eigenvalue weighted by molar-refractivity contribution is -0.148. The molecule has 1 heterocycles. The Labute approximate surface area is 163 Å². The van der Waals surface area contributed by atoms with Gasteiger partial charge in [0.2, 0.25) is 0 Å². The minimum atomic E-state index is -0.776. The van der Waals surface area contributed by atoms with Gasteiger partial charge in [0.15, 0.2) is 5.78 Å². The van der Waals surface area contributed by atoms with E-state index in [2.05, 4.69) is 13.0 Å². The summed E-state index contributed by atoms with van der Waals surface area (Å²) >= 11 is 0. The molecule has 0 radical (unpaired) electrons. The van der Waals surface area contributed by atoms with Crippen molar-refractivity contribution >= 4 is 11.8 Å². The summed E-state index contributed by atoms with van der Waals surface area (Å²) in [4.78, 5) is 23.9. The Kier molecular flexibility index (Phi) is 9.95. The lowest BCUT2D eigenvalue weighted by atomic mass is 9.88. The number of hydrogen-bond acceptors (Lipinski definition) is 5. The molecule has 1 aliphatic rings. The summed E-state index contributed by atoms with van der Waals surface area (Å²) in [5.41, 5.74) is 1.41. The fourth-order valence-electron chi connectivity index (χ4n) is 3.35. The minimum absolute atomic E-state index is 0.0235. The van der Waals surface area contributed by atoms with Gasteiger partial charge in [-0.3, -0.25) is 9.59 Å². The molecular weight excluding hydrogens is 344 g/mol. The summed E-state index contributed by atoms with van der Waals surface area (Å²) in [6.07, 6.45) is 7.84. The summed E-state index contributed by atoms with van der Waals surface area (Å²) in [5, 5.41) is 9.04. The number of hydrogen-bond donors (Lipinski definition) is 1. The molecule has 1 N–H and O–H groups in total. The third-order valence-electron chi connectivity index (χ3n) is 5.24. The summed E-state index contributed by atoms with van der Waals surface area (Å²) in [5.74, 6) is 0.0721.